The number of ether oxygens (including phenoxy) is 1. The van der Waals surface area contributed by atoms with E-state index in [1.807, 2.05) is 13.0 Å². The Morgan fingerprint density at radius 3 is 2.41 bits per heavy atom. The molecule has 1 N–H and O–H groups in total. The van der Waals surface area contributed by atoms with Gasteiger partial charge in [0.05, 0.1) is 19.1 Å². The molecule has 0 spiro atoms. The van der Waals surface area contributed by atoms with Crippen LogP contribution in [-0.4, -0.2) is 57.6 Å². The van der Waals surface area contributed by atoms with E-state index in [0.717, 1.165) is 32.5 Å². The second-order valence-corrected chi connectivity index (χ2v) is 11.1. The molecule has 0 unspecified atom stereocenters. The SMILES string of the molecule is CCCCNC(=O)[C@H](C)N(Cc1cccc(OC)c1)C(=O)CN(c1ccc(I)cc1)S(C)(=O)=O. The number of carbonyl (C=O) groups is 2. The summed E-state index contributed by atoms with van der Waals surface area (Å²) < 4.78 is 32.4. The Morgan fingerprint density at radius 2 is 1.82 bits per heavy atom. The quantitative estimate of drug-likeness (QED) is 0.297. The van der Waals surface area contributed by atoms with E-state index >= 15 is 0 Å². The molecule has 0 fully saturated rings. The van der Waals surface area contributed by atoms with E-state index in [-0.39, 0.29) is 12.5 Å². The largest absolute Gasteiger partial charge is 0.497 e. The van der Waals surface area contributed by atoms with Gasteiger partial charge in [0.2, 0.25) is 21.8 Å². The number of rotatable bonds is 12. The molecule has 0 aromatic heterocycles. The van der Waals surface area contributed by atoms with Crippen molar-refractivity contribution in [2.45, 2.75) is 39.3 Å². The van der Waals surface area contributed by atoms with Gasteiger partial charge in [-0.2, -0.15) is 0 Å². The van der Waals surface area contributed by atoms with E-state index in [4.69, 9.17) is 4.74 Å². The molecule has 0 heterocycles. The first-order chi connectivity index (χ1) is 16.1. The maximum Gasteiger partial charge on any atom is 0.244 e. The van der Waals surface area contributed by atoms with Gasteiger partial charge in [-0.3, -0.25) is 13.9 Å². The highest BCUT2D eigenvalue weighted by molar-refractivity contribution is 14.1. The third-order valence-corrected chi connectivity index (χ3v) is 7.14. The van der Waals surface area contributed by atoms with Gasteiger partial charge in [-0.1, -0.05) is 25.5 Å². The molecule has 34 heavy (non-hydrogen) atoms. The lowest BCUT2D eigenvalue weighted by Crippen LogP contribution is -2.51. The maximum atomic E-state index is 13.5. The Balaban J connectivity index is 2.35. The first kappa shape index (κ1) is 27.9. The molecule has 0 saturated heterocycles. The number of hydrogen-bond donors (Lipinski definition) is 1. The summed E-state index contributed by atoms with van der Waals surface area (Å²) in [5, 5.41) is 2.86. The summed E-state index contributed by atoms with van der Waals surface area (Å²) in [6.07, 6.45) is 2.82. The van der Waals surface area contributed by atoms with Crippen molar-refractivity contribution in [3.05, 3.63) is 57.7 Å². The van der Waals surface area contributed by atoms with Crippen molar-refractivity contribution in [1.82, 2.24) is 10.2 Å². The lowest BCUT2D eigenvalue weighted by molar-refractivity contribution is -0.139. The van der Waals surface area contributed by atoms with Crippen molar-refractivity contribution in [2.75, 3.05) is 30.8 Å². The number of carbonyl (C=O) groups excluding carboxylic acids is 2. The third kappa shape index (κ3) is 8.15. The normalized spacial score (nSPS) is 12.0. The summed E-state index contributed by atoms with van der Waals surface area (Å²) in [7, 11) is -2.19. The number of unbranched alkanes of at least 4 members (excludes halogenated alkanes) is 1. The average molecular weight is 602 g/mol. The molecule has 0 radical (unpaired) electrons. The number of methoxy groups -OCH3 is 1. The molecule has 2 rings (SSSR count). The van der Waals surface area contributed by atoms with Gasteiger partial charge in [0.1, 0.15) is 18.3 Å². The fourth-order valence-electron chi connectivity index (χ4n) is 3.31. The number of hydrogen-bond acceptors (Lipinski definition) is 5. The molecule has 1 atom stereocenters. The fourth-order valence-corrected chi connectivity index (χ4v) is 4.52. The molecule has 2 aromatic rings. The van der Waals surface area contributed by atoms with Crippen LogP contribution in [0.5, 0.6) is 5.75 Å². The van der Waals surface area contributed by atoms with Crippen molar-refractivity contribution in [2.24, 2.45) is 0 Å². The number of anilines is 1. The van der Waals surface area contributed by atoms with Crippen molar-refractivity contribution in [1.29, 1.82) is 0 Å². The second kappa shape index (κ2) is 12.9. The summed E-state index contributed by atoms with van der Waals surface area (Å²) in [6, 6.07) is 13.3. The van der Waals surface area contributed by atoms with E-state index < -0.39 is 28.5 Å². The molecule has 0 bridgehead atoms. The van der Waals surface area contributed by atoms with Crippen LogP contribution in [0.3, 0.4) is 0 Å². The summed E-state index contributed by atoms with van der Waals surface area (Å²) in [6.45, 7) is 3.89. The predicted octanol–water partition coefficient (Wildman–Crippen LogP) is 3.40. The highest BCUT2D eigenvalue weighted by atomic mass is 127. The highest BCUT2D eigenvalue weighted by Crippen LogP contribution is 2.21. The summed E-state index contributed by atoms with van der Waals surface area (Å²) in [4.78, 5) is 27.7. The lowest BCUT2D eigenvalue weighted by Gasteiger charge is -2.31. The van der Waals surface area contributed by atoms with E-state index in [1.54, 1.807) is 56.5 Å². The molecule has 2 amide bonds. The second-order valence-electron chi connectivity index (χ2n) is 7.94. The first-order valence-corrected chi connectivity index (χ1v) is 13.9. The van der Waals surface area contributed by atoms with Crippen molar-refractivity contribution in [3.8, 4) is 5.75 Å². The van der Waals surface area contributed by atoms with Gasteiger partial charge < -0.3 is 15.0 Å². The summed E-state index contributed by atoms with van der Waals surface area (Å²) in [5.74, 6) is -0.142. The smallest absolute Gasteiger partial charge is 0.244 e. The summed E-state index contributed by atoms with van der Waals surface area (Å²) >= 11 is 2.13. The van der Waals surface area contributed by atoms with Gasteiger partial charge in [0, 0.05) is 16.7 Å². The summed E-state index contributed by atoms with van der Waals surface area (Å²) in [5.41, 5.74) is 1.15. The molecule has 0 aliphatic rings. The van der Waals surface area contributed by atoms with Crippen LogP contribution < -0.4 is 14.4 Å². The van der Waals surface area contributed by atoms with Gasteiger partial charge >= 0.3 is 0 Å². The van der Waals surface area contributed by atoms with Crippen LogP contribution in [-0.2, 0) is 26.2 Å². The Bertz CT molecular complexity index is 1080. The third-order valence-electron chi connectivity index (χ3n) is 5.28. The zero-order chi connectivity index (χ0) is 25.3. The molecule has 2 aromatic carbocycles. The number of halogens is 1. The molecule has 8 nitrogen and oxygen atoms in total. The lowest BCUT2D eigenvalue weighted by atomic mass is 10.1. The van der Waals surface area contributed by atoms with Crippen molar-refractivity contribution in [3.63, 3.8) is 0 Å². The molecule has 0 aliphatic carbocycles. The molecule has 10 heteroatoms. The van der Waals surface area contributed by atoms with Gasteiger partial charge in [0.25, 0.3) is 0 Å². The maximum absolute atomic E-state index is 13.5. The topological polar surface area (TPSA) is 96.0 Å². The van der Waals surface area contributed by atoms with Gasteiger partial charge in [-0.25, -0.2) is 8.42 Å². The number of sulfonamides is 1. The van der Waals surface area contributed by atoms with E-state index in [9.17, 15) is 18.0 Å². The zero-order valence-corrected chi connectivity index (χ0v) is 22.9. The molecule has 186 valence electrons. The Hall–Kier alpha value is -2.34. The van der Waals surface area contributed by atoms with Crippen LogP contribution in [0.2, 0.25) is 0 Å². The minimum absolute atomic E-state index is 0.128. The zero-order valence-electron chi connectivity index (χ0n) is 20.0. The average Bonchev–Trinajstić information content (AvgIpc) is 2.80. The van der Waals surface area contributed by atoms with Crippen LogP contribution in [0.25, 0.3) is 0 Å². The van der Waals surface area contributed by atoms with Crippen LogP contribution in [0.4, 0.5) is 5.69 Å². The van der Waals surface area contributed by atoms with E-state index in [0.29, 0.717) is 18.0 Å². The Kier molecular flexibility index (Phi) is 10.6. The van der Waals surface area contributed by atoms with Crippen LogP contribution in [0.1, 0.15) is 32.3 Å². The van der Waals surface area contributed by atoms with Crippen LogP contribution in [0, 0.1) is 3.57 Å². The van der Waals surface area contributed by atoms with Gasteiger partial charge in [0.15, 0.2) is 0 Å². The molecule has 0 saturated carbocycles. The predicted molar refractivity (Wildman–Crippen MR) is 142 cm³/mol. The van der Waals surface area contributed by atoms with Crippen LogP contribution in [0.15, 0.2) is 48.5 Å². The molecular formula is C24H32IN3O5S. The fraction of sp³-hybridized carbons (Fsp3) is 0.417. The first-order valence-electron chi connectivity index (χ1n) is 11.0. The van der Waals surface area contributed by atoms with E-state index in [2.05, 4.69) is 27.9 Å². The van der Waals surface area contributed by atoms with Gasteiger partial charge in [-0.15, -0.1) is 0 Å². The number of nitrogens with one attached hydrogen (secondary N) is 1. The number of nitrogens with zero attached hydrogens (tertiary/aromatic N) is 2. The van der Waals surface area contributed by atoms with Crippen molar-refractivity contribution >= 4 is 50.1 Å². The highest BCUT2D eigenvalue weighted by Gasteiger charge is 2.30. The standard InChI is InChI=1S/C24H32IN3O5S/c1-5-6-14-26-24(30)18(2)27(16-19-8-7-9-22(15-19)33-3)23(29)17-28(34(4,31)32)21-12-10-20(25)11-13-21/h7-13,15,18H,5-6,14,16-17H2,1-4H3,(H,26,30)/t18-/m0/s1. The van der Waals surface area contributed by atoms with E-state index in [1.165, 1.54) is 4.90 Å². The number of benzene rings is 2. The minimum Gasteiger partial charge on any atom is -0.497 e. The Morgan fingerprint density at radius 1 is 1.15 bits per heavy atom. The molecule has 0 aliphatic heterocycles. The number of amides is 2. The molecular weight excluding hydrogens is 569 g/mol. The minimum atomic E-state index is -3.74. The van der Waals surface area contributed by atoms with Crippen LogP contribution >= 0.6 is 22.6 Å². The van der Waals surface area contributed by atoms with Gasteiger partial charge in [-0.05, 0) is 77.9 Å². The monoisotopic (exact) mass is 601 g/mol. The Labute approximate surface area is 215 Å². The van der Waals surface area contributed by atoms with Crippen molar-refractivity contribution < 1.29 is 22.7 Å².